The van der Waals surface area contributed by atoms with E-state index >= 15 is 0 Å². The number of rotatable bonds is 5. The molecule has 0 saturated heterocycles. The lowest BCUT2D eigenvalue weighted by molar-refractivity contribution is 0.377. The molecular weight excluding hydrogens is 795 g/mol. The first-order valence-electron chi connectivity index (χ1n) is 3.16. The Morgan fingerprint density at radius 1 is 0.933 bits per heavy atom. The lowest BCUT2D eigenvalue weighted by Crippen LogP contribution is -2.52. The van der Waals surface area contributed by atoms with Gasteiger partial charge in [0.25, 0.3) is 0 Å². The number of hydrogen-bond donors (Lipinski definition) is 0. The Hall–Kier alpha value is 4.28. The second kappa shape index (κ2) is 7.33. The molecule has 0 N–H and O–H groups in total. The van der Waals surface area contributed by atoms with E-state index in [2.05, 4.69) is 144 Å². The van der Waals surface area contributed by atoms with Gasteiger partial charge in [-0.25, -0.2) is 0 Å². The van der Waals surface area contributed by atoms with E-state index in [-0.39, 0.29) is 3.74 Å². The zero-order chi connectivity index (χ0) is 12.5. The van der Waals surface area contributed by atoms with Crippen LogP contribution in [0.3, 0.4) is 0 Å². The molecular formula is C5H3Br9O. The van der Waals surface area contributed by atoms with Gasteiger partial charge in [-0.1, -0.05) is 127 Å². The summed E-state index contributed by atoms with van der Waals surface area (Å²) in [6, 6.07) is 0. The van der Waals surface area contributed by atoms with E-state index in [1.165, 1.54) is 0 Å². The molecule has 0 radical (unpaired) electrons. The van der Waals surface area contributed by atoms with Gasteiger partial charge in [0.05, 0.1) is 26.6 Å². The average molecular weight is 798 g/mol. The normalized spacial score (nSPS) is 14.8. The molecule has 0 aromatic heterocycles. The minimum Gasteiger partial charge on any atom is -0.305 e. The molecule has 0 aromatic rings. The first-order chi connectivity index (χ1) is 6.50. The van der Waals surface area contributed by atoms with Gasteiger partial charge in [0.2, 0.25) is 0 Å². The maximum Gasteiger partial charge on any atom is 0.135 e. The van der Waals surface area contributed by atoms with E-state index in [1.54, 1.807) is 0 Å². The fourth-order valence-electron chi connectivity index (χ4n) is 0.540. The second-order valence-electron chi connectivity index (χ2n) is 2.46. The van der Waals surface area contributed by atoms with Crippen molar-refractivity contribution >= 4 is 144 Å². The summed E-state index contributed by atoms with van der Waals surface area (Å²) in [6.45, 7) is 0.370. The van der Waals surface area contributed by atoms with Gasteiger partial charge in [-0.3, -0.25) is 0 Å². The van der Waals surface area contributed by atoms with Crippen LogP contribution < -0.4 is 0 Å². The van der Waals surface area contributed by atoms with Gasteiger partial charge < -0.3 is 3.83 Å². The molecule has 0 heterocycles. The monoisotopic (exact) mass is 789 g/mol. The summed E-state index contributed by atoms with van der Waals surface area (Å²) in [6.07, 6.45) is 0. The smallest absolute Gasteiger partial charge is 0.135 e. The summed E-state index contributed by atoms with van der Waals surface area (Å²) in [5, 5.41) is 0. The van der Waals surface area contributed by atoms with E-state index < -0.39 is 9.70 Å². The Morgan fingerprint density at radius 3 is 1.60 bits per heavy atom. The molecule has 15 heavy (non-hydrogen) atoms. The van der Waals surface area contributed by atoms with Gasteiger partial charge in [0, 0.05) is 0 Å². The molecule has 92 valence electrons. The largest absolute Gasteiger partial charge is 0.305 e. The summed E-state index contributed by atoms with van der Waals surface area (Å²) in [5.41, 5.74) is 0. The molecule has 0 unspecified atom stereocenters. The van der Waals surface area contributed by atoms with Crippen LogP contribution in [0.1, 0.15) is 0 Å². The van der Waals surface area contributed by atoms with Gasteiger partial charge in [-0.05, 0) is 0 Å². The van der Waals surface area contributed by atoms with Crippen LogP contribution in [0.25, 0.3) is 0 Å². The van der Waals surface area contributed by atoms with Crippen LogP contribution >= 0.6 is 144 Å². The van der Waals surface area contributed by atoms with Crippen LogP contribution in [-0.2, 0) is 3.83 Å². The Kier molecular flexibility index (Phi) is 9.43. The predicted molar refractivity (Wildman–Crippen MR) is 98.3 cm³/mol. The van der Waals surface area contributed by atoms with Gasteiger partial charge in [0.1, 0.15) is 9.70 Å². The van der Waals surface area contributed by atoms with Crippen molar-refractivity contribution in [1.29, 1.82) is 0 Å². The van der Waals surface area contributed by atoms with Crippen LogP contribution in [0, 0.1) is 0 Å². The standard InChI is InChI=1S/C5H3Br9O/c6-2(7)4(10,11)5(12,13)3(8,9)1-15-14/h2H,1H2. The highest BCUT2D eigenvalue weighted by Gasteiger charge is 2.60. The molecule has 0 rings (SSSR count). The quantitative estimate of drug-likeness (QED) is 0.276. The Labute approximate surface area is 164 Å². The van der Waals surface area contributed by atoms with Crippen molar-refractivity contribution < 1.29 is 3.83 Å². The van der Waals surface area contributed by atoms with Crippen LogP contribution in [0.4, 0.5) is 0 Å². The number of hydrogen-bond acceptors (Lipinski definition) is 1. The Balaban J connectivity index is 5.11. The van der Waals surface area contributed by atoms with E-state index in [0.29, 0.717) is 6.61 Å². The lowest BCUT2D eigenvalue weighted by atomic mass is 10.2. The number of alkyl halides is 8. The molecule has 0 amide bonds. The Morgan fingerprint density at radius 2 is 1.33 bits per heavy atom. The summed E-state index contributed by atoms with van der Waals surface area (Å²) < 4.78 is 3.25. The van der Waals surface area contributed by atoms with Crippen molar-refractivity contribution in [1.82, 2.24) is 0 Å². The minimum absolute atomic E-state index is 0.0407. The number of halogens is 9. The van der Waals surface area contributed by atoms with E-state index in [0.717, 1.165) is 0 Å². The summed E-state index contributed by atoms with van der Waals surface area (Å²) in [7, 11) is 0. The van der Waals surface area contributed by atoms with Crippen molar-refractivity contribution in [2.75, 3.05) is 6.61 Å². The van der Waals surface area contributed by atoms with Crippen molar-refractivity contribution in [3.8, 4) is 0 Å². The summed E-state index contributed by atoms with van der Waals surface area (Å²) >= 11 is 31.2. The fraction of sp³-hybridized carbons (Fsp3) is 1.00. The topological polar surface area (TPSA) is 9.23 Å². The minimum atomic E-state index is -0.592. The van der Waals surface area contributed by atoms with Crippen LogP contribution in [0.15, 0.2) is 0 Å². The molecule has 0 spiro atoms. The third-order valence-corrected chi connectivity index (χ3v) is 16.1. The second-order valence-corrected chi connectivity index (χ2v) is 16.8. The lowest BCUT2D eigenvalue weighted by Gasteiger charge is -2.43. The first-order valence-corrected chi connectivity index (χ1v) is 10.4. The SMILES string of the molecule is BrOCC(Br)(Br)C(Br)(Br)C(Br)(Br)C(Br)Br. The van der Waals surface area contributed by atoms with Crippen LogP contribution in [0.2, 0.25) is 0 Å². The zero-order valence-corrected chi connectivity index (χ0v) is 20.9. The van der Waals surface area contributed by atoms with Gasteiger partial charge in [0.15, 0.2) is 0 Å². The molecule has 0 aliphatic rings. The maximum atomic E-state index is 4.95. The van der Waals surface area contributed by atoms with Gasteiger partial charge >= 0.3 is 0 Å². The third-order valence-electron chi connectivity index (χ3n) is 1.39. The average Bonchev–Trinajstić information content (AvgIpc) is 2.02. The fourth-order valence-corrected chi connectivity index (χ4v) is 6.70. The zero-order valence-electron chi connectivity index (χ0n) is 6.59. The van der Waals surface area contributed by atoms with Gasteiger partial charge in [-0.15, -0.1) is 0 Å². The summed E-state index contributed by atoms with van der Waals surface area (Å²) in [4.78, 5) is 0. The molecule has 0 saturated carbocycles. The molecule has 0 fully saturated rings. The molecule has 0 aliphatic heterocycles. The van der Waals surface area contributed by atoms with Crippen molar-refractivity contribution in [3.05, 3.63) is 0 Å². The highest BCUT2D eigenvalue weighted by atomic mass is 79.9. The highest BCUT2D eigenvalue weighted by Crippen LogP contribution is 2.63. The van der Waals surface area contributed by atoms with Gasteiger partial charge in [-0.2, -0.15) is 0 Å². The van der Waals surface area contributed by atoms with Crippen molar-refractivity contribution in [2.24, 2.45) is 0 Å². The Bertz CT molecular complexity index is 213. The maximum absolute atomic E-state index is 4.95. The van der Waals surface area contributed by atoms with E-state index in [1.807, 2.05) is 0 Å². The third kappa shape index (κ3) is 4.65. The molecule has 10 heteroatoms. The van der Waals surface area contributed by atoms with E-state index in [4.69, 9.17) is 3.83 Å². The molecule has 1 nitrogen and oxygen atoms in total. The van der Waals surface area contributed by atoms with Crippen molar-refractivity contribution in [3.63, 3.8) is 0 Å². The molecule has 0 bridgehead atoms. The predicted octanol–water partition coefficient (Wildman–Crippen LogP) is 6.89. The molecule has 0 aliphatic carbocycles. The first kappa shape index (κ1) is 19.3. The summed E-state index contributed by atoms with van der Waals surface area (Å²) in [5.74, 6) is 0. The highest BCUT2D eigenvalue weighted by molar-refractivity contribution is 9.34. The molecule has 0 atom stereocenters. The van der Waals surface area contributed by atoms with Crippen LogP contribution in [-0.4, -0.2) is 20.0 Å². The van der Waals surface area contributed by atoms with Crippen molar-refractivity contribution in [2.45, 2.75) is 13.4 Å². The van der Waals surface area contributed by atoms with E-state index in [9.17, 15) is 0 Å². The molecule has 0 aromatic carbocycles. The van der Waals surface area contributed by atoms with Crippen LogP contribution in [0.5, 0.6) is 0 Å².